The van der Waals surface area contributed by atoms with Crippen LogP contribution in [-0.4, -0.2) is 6.54 Å². The number of ether oxygens (including phenoxy) is 1. The standard InChI is InChI=1S/C19H25NO/c1-14(2)12-20-13-17-6-8-18(9-7-17)21-19-10-5-15(3)11-16(19)4/h5-11,14,20H,12-13H2,1-4H3. The molecule has 0 aliphatic rings. The second-order valence-corrected chi connectivity index (χ2v) is 6.04. The molecule has 112 valence electrons. The largest absolute Gasteiger partial charge is 0.457 e. The lowest BCUT2D eigenvalue weighted by Gasteiger charge is -2.11. The smallest absolute Gasteiger partial charge is 0.130 e. The Morgan fingerprint density at radius 1 is 1.00 bits per heavy atom. The third kappa shape index (κ3) is 4.91. The molecule has 0 amide bonds. The summed E-state index contributed by atoms with van der Waals surface area (Å²) in [5, 5.41) is 3.44. The Morgan fingerprint density at radius 2 is 1.71 bits per heavy atom. The van der Waals surface area contributed by atoms with Crippen LogP contribution in [0.1, 0.15) is 30.5 Å². The van der Waals surface area contributed by atoms with Gasteiger partial charge in [0.15, 0.2) is 0 Å². The molecular weight excluding hydrogens is 258 g/mol. The molecule has 2 nitrogen and oxygen atoms in total. The molecule has 0 fully saturated rings. The van der Waals surface area contributed by atoms with Crippen molar-refractivity contribution >= 4 is 0 Å². The number of rotatable bonds is 6. The van der Waals surface area contributed by atoms with Crippen LogP contribution in [0.4, 0.5) is 0 Å². The van der Waals surface area contributed by atoms with Crippen LogP contribution in [0.2, 0.25) is 0 Å². The van der Waals surface area contributed by atoms with Crippen molar-refractivity contribution in [3.63, 3.8) is 0 Å². The van der Waals surface area contributed by atoms with Crippen molar-refractivity contribution in [1.82, 2.24) is 5.32 Å². The van der Waals surface area contributed by atoms with Crippen LogP contribution in [0.5, 0.6) is 11.5 Å². The Morgan fingerprint density at radius 3 is 2.33 bits per heavy atom. The molecule has 0 saturated heterocycles. The molecule has 0 radical (unpaired) electrons. The van der Waals surface area contributed by atoms with E-state index in [-0.39, 0.29) is 0 Å². The molecule has 1 N–H and O–H groups in total. The summed E-state index contributed by atoms with van der Waals surface area (Å²) >= 11 is 0. The summed E-state index contributed by atoms with van der Waals surface area (Å²) in [5.74, 6) is 2.48. The minimum absolute atomic E-state index is 0.678. The van der Waals surface area contributed by atoms with E-state index in [0.29, 0.717) is 5.92 Å². The number of hydrogen-bond acceptors (Lipinski definition) is 2. The average molecular weight is 283 g/mol. The molecular formula is C19H25NO. The Kier molecular flexibility index (Phi) is 5.40. The van der Waals surface area contributed by atoms with E-state index in [0.717, 1.165) is 30.2 Å². The quantitative estimate of drug-likeness (QED) is 0.819. The minimum atomic E-state index is 0.678. The van der Waals surface area contributed by atoms with Gasteiger partial charge >= 0.3 is 0 Å². The third-order valence-corrected chi connectivity index (χ3v) is 3.36. The van der Waals surface area contributed by atoms with Crippen molar-refractivity contribution in [2.24, 2.45) is 5.92 Å². The highest BCUT2D eigenvalue weighted by Crippen LogP contribution is 2.25. The van der Waals surface area contributed by atoms with Gasteiger partial charge in [-0.1, -0.05) is 43.7 Å². The van der Waals surface area contributed by atoms with Crippen LogP contribution in [0.25, 0.3) is 0 Å². The van der Waals surface area contributed by atoms with Gasteiger partial charge in [0.25, 0.3) is 0 Å². The SMILES string of the molecule is Cc1ccc(Oc2ccc(CNCC(C)C)cc2)c(C)c1. The van der Waals surface area contributed by atoms with Gasteiger partial charge in [-0.3, -0.25) is 0 Å². The van der Waals surface area contributed by atoms with Crippen LogP contribution in [0.15, 0.2) is 42.5 Å². The van der Waals surface area contributed by atoms with Crippen LogP contribution >= 0.6 is 0 Å². The van der Waals surface area contributed by atoms with Gasteiger partial charge in [-0.2, -0.15) is 0 Å². The van der Waals surface area contributed by atoms with Gasteiger partial charge in [0, 0.05) is 6.54 Å². The lowest BCUT2D eigenvalue weighted by molar-refractivity contribution is 0.478. The number of benzene rings is 2. The minimum Gasteiger partial charge on any atom is -0.457 e. The Bertz CT molecular complexity index is 573. The highest BCUT2D eigenvalue weighted by molar-refractivity contribution is 5.39. The predicted molar refractivity (Wildman–Crippen MR) is 89.0 cm³/mol. The zero-order valence-electron chi connectivity index (χ0n) is 13.4. The van der Waals surface area contributed by atoms with Crippen molar-refractivity contribution < 1.29 is 4.74 Å². The monoisotopic (exact) mass is 283 g/mol. The average Bonchev–Trinajstić information content (AvgIpc) is 2.43. The van der Waals surface area contributed by atoms with E-state index in [1.54, 1.807) is 0 Å². The van der Waals surface area contributed by atoms with E-state index in [1.807, 2.05) is 18.2 Å². The van der Waals surface area contributed by atoms with Gasteiger partial charge in [0.2, 0.25) is 0 Å². The Labute approximate surface area is 128 Å². The van der Waals surface area contributed by atoms with Gasteiger partial charge in [0.1, 0.15) is 11.5 Å². The highest BCUT2D eigenvalue weighted by atomic mass is 16.5. The van der Waals surface area contributed by atoms with Crippen LogP contribution in [0, 0.1) is 19.8 Å². The fourth-order valence-corrected chi connectivity index (χ4v) is 2.22. The number of nitrogens with one attached hydrogen (secondary N) is 1. The number of hydrogen-bond donors (Lipinski definition) is 1. The first-order valence-electron chi connectivity index (χ1n) is 7.59. The highest BCUT2D eigenvalue weighted by Gasteiger charge is 2.02. The molecule has 0 unspecified atom stereocenters. The molecule has 2 rings (SSSR count). The van der Waals surface area contributed by atoms with E-state index in [2.05, 4.69) is 57.3 Å². The molecule has 2 heteroatoms. The molecule has 0 aliphatic carbocycles. The molecule has 0 heterocycles. The topological polar surface area (TPSA) is 21.3 Å². The summed E-state index contributed by atoms with van der Waals surface area (Å²) < 4.78 is 5.94. The molecule has 0 aromatic heterocycles. The van der Waals surface area contributed by atoms with Gasteiger partial charge in [-0.15, -0.1) is 0 Å². The van der Waals surface area contributed by atoms with Crippen molar-refractivity contribution in [2.45, 2.75) is 34.2 Å². The van der Waals surface area contributed by atoms with Crippen molar-refractivity contribution in [3.8, 4) is 11.5 Å². The van der Waals surface area contributed by atoms with Gasteiger partial charge in [-0.25, -0.2) is 0 Å². The molecule has 0 spiro atoms. The summed E-state index contributed by atoms with van der Waals surface area (Å²) in [5.41, 5.74) is 3.70. The molecule has 0 atom stereocenters. The summed E-state index contributed by atoms with van der Waals surface area (Å²) in [6.07, 6.45) is 0. The van der Waals surface area contributed by atoms with Gasteiger partial charge in [-0.05, 0) is 55.6 Å². The van der Waals surface area contributed by atoms with Crippen molar-refractivity contribution in [3.05, 3.63) is 59.2 Å². The Balaban J connectivity index is 1.95. The lowest BCUT2D eigenvalue weighted by Crippen LogP contribution is -2.18. The molecule has 2 aromatic rings. The maximum atomic E-state index is 5.94. The van der Waals surface area contributed by atoms with E-state index < -0.39 is 0 Å². The van der Waals surface area contributed by atoms with E-state index in [1.165, 1.54) is 11.1 Å². The summed E-state index contributed by atoms with van der Waals surface area (Å²) in [6.45, 7) is 10.5. The molecule has 2 aromatic carbocycles. The van der Waals surface area contributed by atoms with E-state index in [9.17, 15) is 0 Å². The van der Waals surface area contributed by atoms with Crippen LogP contribution in [-0.2, 0) is 6.54 Å². The zero-order valence-corrected chi connectivity index (χ0v) is 13.4. The summed E-state index contributed by atoms with van der Waals surface area (Å²) in [7, 11) is 0. The predicted octanol–water partition coefficient (Wildman–Crippen LogP) is 4.84. The summed E-state index contributed by atoms with van der Waals surface area (Å²) in [6, 6.07) is 14.5. The third-order valence-electron chi connectivity index (χ3n) is 3.36. The first-order valence-corrected chi connectivity index (χ1v) is 7.59. The van der Waals surface area contributed by atoms with Crippen molar-refractivity contribution in [2.75, 3.05) is 6.54 Å². The number of aryl methyl sites for hydroxylation is 2. The Hall–Kier alpha value is -1.80. The van der Waals surface area contributed by atoms with Crippen molar-refractivity contribution in [1.29, 1.82) is 0 Å². The first kappa shape index (κ1) is 15.6. The fraction of sp³-hybridized carbons (Fsp3) is 0.368. The zero-order chi connectivity index (χ0) is 15.2. The maximum absolute atomic E-state index is 5.94. The molecule has 21 heavy (non-hydrogen) atoms. The maximum Gasteiger partial charge on any atom is 0.130 e. The second kappa shape index (κ2) is 7.28. The van der Waals surface area contributed by atoms with E-state index >= 15 is 0 Å². The van der Waals surface area contributed by atoms with Gasteiger partial charge < -0.3 is 10.1 Å². The van der Waals surface area contributed by atoms with Gasteiger partial charge in [0.05, 0.1) is 0 Å². The summed E-state index contributed by atoms with van der Waals surface area (Å²) in [4.78, 5) is 0. The molecule has 0 bridgehead atoms. The van der Waals surface area contributed by atoms with Crippen LogP contribution in [0.3, 0.4) is 0 Å². The molecule has 0 aliphatic heterocycles. The van der Waals surface area contributed by atoms with Crippen LogP contribution < -0.4 is 10.1 Å². The van der Waals surface area contributed by atoms with E-state index in [4.69, 9.17) is 4.74 Å². The fourth-order valence-electron chi connectivity index (χ4n) is 2.22. The lowest BCUT2D eigenvalue weighted by atomic mass is 10.1. The molecule has 0 saturated carbocycles. The normalized spacial score (nSPS) is 10.9. The second-order valence-electron chi connectivity index (χ2n) is 6.04. The first-order chi connectivity index (χ1) is 10.0.